The first-order valence-electron chi connectivity index (χ1n) is 5.06. The van der Waals surface area contributed by atoms with Gasteiger partial charge in [-0.1, -0.05) is 6.07 Å². The average Bonchev–Trinajstić information content (AvgIpc) is 2.72. The van der Waals surface area contributed by atoms with Gasteiger partial charge in [-0.15, -0.1) is 11.3 Å². The highest BCUT2D eigenvalue weighted by Gasteiger charge is 2.19. The van der Waals surface area contributed by atoms with Gasteiger partial charge in [-0.25, -0.2) is 8.78 Å². The van der Waals surface area contributed by atoms with Crippen LogP contribution in [-0.2, 0) is 0 Å². The Balaban J connectivity index is 2.48. The number of carbonyl (C=O) groups excluding carboxylic acids is 1. The minimum Gasteiger partial charge on any atom is -0.288 e. The monoisotopic (exact) mass is 252 g/mol. The van der Waals surface area contributed by atoms with E-state index in [2.05, 4.69) is 0 Å². The summed E-state index contributed by atoms with van der Waals surface area (Å²) >= 11 is 1.27. The third-order valence-electron chi connectivity index (χ3n) is 2.48. The van der Waals surface area contributed by atoms with Crippen LogP contribution in [0.25, 0.3) is 0 Å². The second kappa shape index (κ2) is 4.37. The second-order valence-corrected chi connectivity index (χ2v) is 5.09. The molecule has 0 amide bonds. The standard InChI is InChI=1S/C13H10F2OS/c1-7-3-5-9(12(15)11(7)14)13(16)10-6-4-8(2)17-10/h3-6H,1-2H3. The molecule has 0 radical (unpaired) electrons. The lowest BCUT2D eigenvalue weighted by Crippen LogP contribution is -2.05. The Hall–Kier alpha value is -1.55. The summed E-state index contributed by atoms with van der Waals surface area (Å²) in [6.07, 6.45) is 0. The highest BCUT2D eigenvalue weighted by molar-refractivity contribution is 7.14. The summed E-state index contributed by atoms with van der Waals surface area (Å²) in [6, 6.07) is 6.14. The lowest BCUT2D eigenvalue weighted by molar-refractivity contribution is 0.103. The Kier molecular flexibility index (Phi) is 3.07. The van der Waals surface area contributed by atoms with Crippen LogP contribution in [0, 0.1) is 25.5 Å². The van der Waals surface area contributed by atoms with Crippen molar-refractivity contribution < 1.29 is 13.6 Å². The van der Waals surface area contributed by atoms with Crippen molar-refractivity contribution in [2.45, 2.75) is 13.8 Å². The summed E-state index contributed by atoms with van der Waals surface area (Å²) in [5.41, 5.74) is -0.0173. The van der Waals surface area contributed by atoms with E-state index < -0.39 is 17.4 Å². The molecule has 0 aliphatic heterocycles. The number of hydrogen-bond donors (Lipinski definition) is 0. The number of ketones is 1. The van der Waals surface area contributed by atoms with E-state index in [0.717, 1.165) is 4.88 Å². The predicted octanol–water partition coefficient (Wildman–Crippen LogP) is 3.87. The van der Waals surface area contributed by atoms with Gasteiger partial charge in [0.05, 0.1) is 10.4 Å². The van der Waals surface area contributed by atoms with Gasteiger partial charge in [0, 0.05) is 4.88 Å². The second-order valence-electron chi connectivity index (χ2n) is 3.80. The van der Waals surface area contributed by atoms with Gasteiger partial charge in [-0.05, 0) is 37.6 Å². The molecule has 0 spiro atoms. The molecule has 88 valence electrons. The smallest absolute Gasteiger partial charge is 0.206 e. The van der Waals surface area contributed by atoms with E-state index in [1.54, 1.807) is 12.1 Å². The number of hydrogen-bond acceptors (Lipinski definition) is 2. The maximum absolute atomic E-state index is 13.6. The van der Waals surface area contributed by atoms with Crippen LogP contribution in [0.2, 0.25) is 0 Å². The molecule has 17 heavy (non-hydrogen) atoms. The molecule has 0 unspecified atom stereocenters. The topological polar surface area (TPSA) is 17.1 Å². The normalized spacial score (nSPS) is 10.6. The molecule has 0 fully saturated rings. The fraction of sp³-hybridized carbons (Fsp3) is 0.154. The summed E-state index contributed by atoms with van der Waals surface area (Å²) in [4.78, 5) is 13.3. The van der Waals surface area contributed by atoms with Crippen LogP contribution in [0.1, 0.15) is 25.7 Å². The van der Waals surface area contributed by atoms with E-state index in [0.29, 0.717) is 4.88 Å². The molecule has 2 rings (SSSR count). The average molecular weight is 252 g/mol. The van der Waals surface area contributed by atoms with E-state index in [9.17, 15) is 13.6 Å². The Morgan fingerprint density at radius 2 is 1.76 bits per heavy atom. The molecule has 0 saturated heterocycles. The third-order valence-corrected chi connectivity index (χ3v) is 3.48. The largest absolute Gasteiger partial charge is 0.288 e. The van der Waals surface area contributed by atoms with Crippen molar-refractivity contribution >= 4 is 17.1 Å². The van der Waals surface area contributed by atoms with Gasteiger partial charge in [-0.3, -0.25) is 4.79 Å². The number of halogens is 2. The van der Waals surface area contributed by atoms with E-state index in [1.807, 2.05) is 6.92 Å². The fourth-order valence-corrected chi connectivity index (χ4v) is 2.33. The molecule has 4 heteroatoms. The van der Waals surface area contributed by atoms with E-state index in [-0.39, 0.29) is 11.1 Å². The van der Waals surface area contributed by atoms with Crippen LogP contribution in [0.3, 0.4) is 0 Å². The van der Waals surface area contributed by atoms with Gasteiger partial charge in [0.1, 0.15) is 0 Å². The Bertz CT molecular complexity index is 587. The first-order chi connectivity index (χ1) is 8.00. The van der Waals surface area contributed by atoms with Gasteiger partial charge in [0.25, 0.3) is 0 Å². The molecule has 2 aromatic rings. The van der Waals surface area contributed by atoms with Crippen molar-refractivity contribution in [1.29, 1.82) is 0 Å². The Labute approximate surface area is 102 Å². The van der Waals surface area contributed by atoms with Crippen molar-refractivity contribution in [3.8, 4) is 0 Å². The number of carbonyl (C=O) groups is 1. The maximum Gasteiger partial charge on any atom is 0.206 e. The van der Waals surface area contributed by atoms with Crippen molar-refractivity contribution in [2.75, 3.05) is 0 Å². The zero-order valence-corrected chi connectivity index (χ0v) is 10.2. The lowest BCUT2D eigenvalue weighted by atomic mass is 10.1. The summed E-state index contributed by atoms with van der Waals surface area (Å²) in [7, 11) is 0. The van der Waals surface area contributed by atoms with E-state index in [1.165, 1.54) is 30.4 Å². The molecule has 0 bridgehead atoms. The maximum atomic E-state index is 13.6. The predicted molar refractivity (Wildman–Crippen MR) is 63.6 cm³/mol. The SMILES string of the molecule is Cc1ccc(C(=O)c2ccc(C)c(F)c2F)s1. The molecule has 1 nitrogen and oxygen atoms in total. The fourth-order valence-electron chi connectivity index (χ4n) is 1.51. The van der Waals surface area contributed by atoms with Crippen molar-refractivity contribution in [3.05, 3.63) is 56.8 Å². The van der Waals surface area contributed by atoms with Crippen molar-refractivity contribution in [3.63, 3.8) is 0 Å². The zero-order valence-electron chi connectivity index (χ0n) is 9.38. The highest BCUT2D eigenvalue weighted by atomic mass is 32.1. The minimum atomic E-state index is -1.07. The molecule has 0 atom stereocenters. The lowest BCUT2D eigenvalue weighted by Gasteiger charge is -2.03. The molecular weight excluding hydrogens is 242 g/mol. The van der Waals surface area contributed by atoms with Crippen LogP contribution >= 0.6 is 11.3 Å². The molecule has 1 heterocycles. The summed E-state index contributed by atoms with van der Waals surface area (Å²) in [5, 5.41) is 0. The van der Waals surface area contributed by atoms with Gasteiger partial charge < -0.3 is 0 Å². The van der Waals surface area contributed by atoms with Gasteiger partial charge in [-0.2, -0.15) is 0 Å². The number of thiophene rings is 1. The van der Waals surface area contributed by atoms with Crippen molar-refractivity contribution in [1.82, 2.24) is 0 Å². The summed E-state index contributed by atoms with van der Waals surface area (Å²) < 4.78 is 27.0. The van der Waals surface area contributed by atoms with E-state index in [4.69, 9.17) is 0 Å². The minimum absolute atomic E-state index is 0.196. The summed E-state index contributed by atoms with van der Waals surface area (Å²) in [5.74, 6) is -2.50. The van der Waals surface area contributed by atoms with Gasteiger partial charge >= 0.3 is 0 Å². The molecule has 0 aliphatic rings. The zero-order chi connectivity index (χ0) is 12.6. The number of aryl methyl sites for hydroxylation is 2. The molecule has 1 aromatic carbocycles. The van der Waals surface area contributed by atoms with Crippen LogP contribution in [0.4, 0.5) is 8.78 Å². The van der Waals surface area contributed by atoms with Crippen LogP contribution in [-0.4, -0.2) is 5.78 Å². The first kappa shape index (κ1) is 11.9. The number of rotatable bonds is 2. The van der Waals surface area contributed by atoms with Crippen LogP contribution in [0.5, 0.6) is 0 Å². The molecule has 0 N–H and O–H groups in total. The molecule has 1 aromatic heterocycles. The Morgan fingerprint density at radius 1 is 1.06 bits per heavy atom. The Morgan fingerprint density at radius 3 is 2.35 bits per heavy atom. The van der Waals surface area contributed by atoms with Crippen LogP contribution in [0.15, 0.2) is 24.3 Å². The number of benzene rings is 1. The third kappa shape index (κ3) is 2.13. The highest BCUT2D eigenvalue weighted by Crippen LogP contribution is 2.23. The van der Waals surface area contributed by atoms with E-state index >= 15 is 0 Å². The summed E-state index contributed by atoms with van der Waals surface area (Å²) in [6.45, 7) is 3.31. The first-order valence-corrected chi connectivity index (χ1v) is 5.88. The molecule has 0 aliphatic carbocycles. The molecule has 0 saturated carbocycles. The van der Waals surface area contributed by atoms with Crippen molar-refractivity contribution in [2.24, 2.45) is 0 Å². The van der Waals surface area contributed by atoms with Gasteiger partial charge in [0.15, 0.2) is 11.6 Å². The quantitative estimate of drug-likeness (QED) is 0.741. The van der Waals surface area contributed by atoms with Gasteiger partial charge in [0.2, 0.25) is 5.78 Å². The molecular formula is C13H10F2OS. The van der Waals surface area contributed by atoms with Crippen LogP contribution < -0.4 is 0 Å².